The number of carbonyl (C=O) groups is 1. The van der Waals surface area contributed by atoms with E-state index in [0.29, 0.717) is 11.4 Å². The summed E-state index contributed by atoms with van der Waals surface area (Å²) < 4.78 is 5.30. The van der Waals surface area contributed by atoms with Crippen molar-refractivity contribution in [1.29, 1.82) is 0 Å². The number of hydrogen-bond donors (Lipinski definition) is 2. The van der Waals surface area contributed by atoms with Crippen LogP contribution in [0.25, 0.3) is 0 Å². The predicted octanol–water partition coefficient (Wildman–Crippen LogP) is 0.692. The van der Waals surface area contributed by atoms with Gasteiger partial charge in [-0.25, -0.2) is 0 Å². The summed E-state index contributed by atoms with van der Waals surface area (Å²) in [5.41, 5.74) is 4.99. The number of rotatable bonds is 0. The maximum absolute atomic E-state index is 11.3. The van der Waals surface area contributed by atoms with E-state index in [1.165, 1.54) is 6.92 Å². The molecule has 1 aliphatic heterocycles. The van der Waals surface area contributed by atoms with E-state index in [1.807, 2.05) is 12.1 Å². The van der Waals surface area contributed by atoms with E-state index in [2.05, 4.69) is 5.32 Å². The van der Waals surface area contributed by atoms with Gasteiger partial charge in [0.2, 0.25) is 5.72 Å². The zero-order valence-electron chi connectivity index (χ0n) is 7.20. The van der Waals surface area contributed by atoms with Crippen molar-refractivity contribution in [3.63, 3.8) is 0 Å². The molecule has 0 saturated heterocycles. The Morgan fingerprint density at radius 2 is 2.15 bits per heavy atom. The molecular weight excluding hydrogens is 168 g/mol. The van der Waals surface area contributed by atoms with E-state index in [9.17, 15) is 4.79 Å². The summed E-state index contributed by atoms with van der Waals surface area (Å²) in [6.07, 6.45) is 0. The summed E-state index contributed by atoms with van der Waals surface area (Å²) in [7, 11) is 0. The van der Waals surface area contributed by atoms with Crippen LogP contribution in [0.5, 0.6) is 5.75 Å². The molecule has 68 valence electrons. The van der Waals surface area contributed by atoms with Crippen molar-refractivity contribution in [2.24, 2.45) is 5.73 Å². The van der Waals surface area contributed by atoms with Gasteiger partial charge in [0.15, 0.2) is 0 Å². The smallest absolute Gasteiger partial charge is 0.283 e. The normalized spacial score (nSPS) is 25.8. The molecule has 3 N–H and O–H groups in total. The lowest BCUT2D eigenvalue weighted by molar-refractivity contribution is -0.130. The topological polar surface area (TPSA) is 64.3 Å². The Labute approximate surface area is 75.7 Å². The molecule has 0 spiro atoms. The van der Waals surface area contributed by atoms with Crippen molar-refractivity contribution in [2.45, 2.75) is 12.6 Å². The van der Waals surface area contributed by atoms with Gasteiger partial charge >= 0.3 is 0 Å². The van der Waals surface area contributed by atoms with Crippen molar-refractivity contribution < 1.29 is 9.53 Å². The quantitative estimate of drug-likeness (QED) is 0.614. The molecule has 0 saturated carbocycles. The van der Waals surface area contributed by atoms with Gasteiger partial charge in [-0.2, -0.15) is 0 Å². The Bertz CT molecular complexity index is 360. The van der Waals surface area contributed by atoms with Crippen molar-refractivity contribution in [3.05, 3.63) is 24.3 Å². The zero-order chi connectivity index (χ0) is 9.47. The highest BCUT2D eigenvalue weighted by Crippen LogP contribution is 2.30. The molecule has 0 aromatic heterocycles. The third-order valence-electron chi connectivity index (χ3n) is 1.91. The van der Waals surface area contributed by atoms with Crippen LogP contribution in [-0.4, -0.2) is 11.6 Å². The lowest BCUT2D eigenvalue weighted by atomic mass is 10.2. The molecule has 1 aliphatic rings. The number of para-hydroxylation sites is 2. The largest absolute Gasteiger partial charge is 0.462 e. The van der Waals surface area contributed by atoms with Crippen molar-refractivity contribution in [2.75, 3.05) is 5.32 Å². The van der Waals surface area contributed by atoms with Crippen LogP contribution >= 0.6 is 0 Å². The SMILES string of the molecule is CC1(N)Oc2ccccc2NC1=O. The van der Waals surface area contributed by atoms with E-state index >= 15 is 0 Å². The van der Waals surface area contributed by atoms with Gasteiger partial charge in [-0.15, -0.1) is 0 Å². The van der Waals surface area contributed by atoms with Gasteiger partial charge in [-0.05, 0) is 19.1 Å². The Balaban J connectivity index is 2.44. The monoisotopic (exact) mass is 178 g/mol. The Kier molecular flexibility index (Phi) is 1.53. The lowest BCUT2D eigenvalue weighted by Crippen LogP contribution is -2.55. The summed E-state index contributed by atoms with van der Waals surface area (Å²) in [5, 5.41) is 2.66. The predicted molar refractivity (Wildman–Crippen MR) is 48.3 cm³/mol. The number of benzene rings is 1. The third-order valence-corrected chi connectivity index (χ3v) is 1.91. The fourth-order valence-electron chi connectivity index (χ4n) is 1.18. The third kappa shape index (κ3) is 1.25. The van der Waals surface area contributed by atoms with Crippen LogP contribution in [0, 0.1) is 0 Å². The van der Waals surface area contributed by atoms with Crippen molar-refractivity contribution in [1.82, 2.24) is 0 Å². The average molecular weight is 178 g/mol. The van der Waals surface area contributed by atoms with Crippen molar-refractivity contribution >= 4 is 11.6 Å². The maximum atomic E-state index is 11.3. The molecule has 1 amide bonds. The molecule has 1 heterocycles. The first-order valence-electron chi connectivity index (χ1n) is 3.98. The number of fused-ring (bicyclic) bond motifs is 1. The number of hydrogen-bond acceptors (Lipinski definition) is 3. The van der Waals surface area contributed by atoms with Gasteiger partial charge in [0.05, 0.1) is 5.69 Å². The van der Waals surface area contributed by atoms with Crippen molar-refractivity contribution in [3.8, 4) is 5.75 Å². The molecule has 1 atom stereocenters. The number of nitrogens with two attached hydrogens (primary N) is 1. The maximum Gasteiger partial charge on any atom is 0.283 e. The molecule has 4 nitrogen and oxygen atoms in total. The van der Waals surface area contributed by atoms with Gasteiger partial charge < -0.3 is 10.1 Å². The van der Waals surface area contributed by atoms with Crippen LogP contribution in [0.15, 0.2) is 24.3 Å². The van der Waals surface area contributed by atoms with E-state index in [0.717, 1.165) is 0 Å². The van der Waals surface area contributed by atoms with Crippen LogP contribution in [0.4, 0.5) is 5.69 Å². The first-order valence-corrected chi connectivity index (χ1v) is 3.98. The summed E-state index contributed by atoms with van der Waals surface area (Å²) in [6, 6.07) is 7.18. The highest BCUT2D eigenvalue weighted by Gasteiger charge is 2.35. The first-order chi connectivity index (χ1) is 6.09. The van der Waals surface area contributed by atoms with Gasteiger partial charge in [0.25, 0.3) is 5.91 Å². The highest BCUT2D eigenvalue weighted by molar-refractivity contribution is 5.99. The molecule has 0 aliphatic carbocycles. The number of amides is 1. The van der Waals surface area contributed by atoms with Crippen LogP contribution in [0.3, 0.4) is 0 Å². The van der Waals surface area contributed by atoms with E-state index in [-0.39, 0.29) is 5.91 Å². The average Bonchev–Trinajstić information content (AvgIpc) is 2.06. The first kappa shape index (κ1) is 8.07. The summed E-state index contributed by atoms with van der Waals surface area (Å²) in [4.78, 5) is 11.3. The minimum Gasteiger partial charge on any atom is -0.462 e. The number of anilines is 1. The fourth-order valence-corrected chi connectivity index (χ4v) is 1.18. The summed E-state index contributed by atoms with van der Waals surface area (Å²) >= 11 is 0. The Morgan fingerprint density at radius 1 is 1.46 bits per heavy atom. The van der Waals surface area contributed by atoms with Crippen LogP contribution in [0.1, 0.15) is 6.92 Å². The number of nitrogens with one attached hydrogen (secondary N) is 1. The Morgan fingerprint density at radius 3 is 2.92 bits per heavy atom. The van der Waals surface area contributed by atoms with E-state index in [4.69, 9.17) is 10.5 Å². The van der Waals surface area contributed by atoms with Crippen LogP contribution in [-0.2, 0) is 4.79 Å². The van der Waals surface area contributed by atoms with E-state index in [1.54, 1.807) is 12.1 Å². The molecule has 0 radical (unpaired) electrons. The zero-order valence-corrected chi connectivity index (χ0v) is 7.20. The number of carbonyl (C=O) groups excluding carboxylic acids is 1. The second kappa shape index (κ2) is 2.47. The second-order valence-electron chi connectivity index (χ2n) is 3.16. The lowest BCUT2D eigenvalue weighted by Gasteiger charge is -2.30. The summed E-state index contributed by atoms with van der Waals surface area (Å²) in [5.74, 6) is 0.276. The minimum atomic E-state index is -1.27. The Hall–Kier alpha value is -1.55. The molecule has 1 unspecified atom stereocenters. The molecule has 4 heteroatoms. The van der Waals surface area contributed by atoms with Crippen LogP contribution in [0.2, 0.25) is 0 Å². The van der Waals surface area contributed by atoms with E-state index < -0.39 is 5.72 Å². The molecule has 1 aromatic carbocycles. The van der Waals surface area contributed by atoms with Crippen LogP contribution < -0.4 is 15.8 Å². The highest BCUT2D eigenvalue weighted by atomic mass is 16.5. The van der Waals surface area contributed by atoms with Gasteiger partial charge in [0.1, 0.15) is 5.75 Å². The fraction of sp³-hybridized carbons (Fsp3) is 0.222. The number of ether oxygens (including phenoxy) is 1. The molecule has 2 rings (SSSR count). The van der Waals surface area contributed by atoms with Gasteiger partial charge in [-0.1, -0.05) is 12.1 Å². The van der Waals surface area contributed by atoms with Gasteiger partial charge in [-0.3, -0.25) is 10.5 Å². The molecule has 13 heavy (non-hydrogen) atoms. The summed E-state index contributed by atoms with van der Waals surface area (Å²) in [6.45, 7) is 1.53. The standard InChI is InChI=1S/C9H10N2O2/c1-9(10)8(12)11-6-4-2-3-5-7(6)13-9/h2-5H,10H2,1H3,(H,11,12). The minimum absolute atomic E-state index is 0.328. The second-order valence-corrected chi connectivity index (χ2v) is 3.16. The molecule has 1 aromatic rings. The molecular formula is C9H10N2O2. The van der Waals surface area contributed by atoms with Gasteiger partial charge in [0, 0.05) is 0 Å². The molecule has 0 bridgehead atoms. The molecule has 0 fully saturated rings.